The fourth-order valence-corrected chi connectivity index (χ4v) is 3.79. The molecule has 4 rings (SSSR count). The molecule has 0 spiro atoms. The summed E-state index contributed by atoms with van der Waals surface area (Å²) in [5, 5.41) is 0. The van der Waals surface area contributed by atoms with Gasteiger partial charge in [-0.25, -0.2) is 0 Å². The van der Waals surface area contributed by atoms with Crippen LogP contribution in [0.4, 0.5) is 0 Å². The van der Waals surface area contributed by atoms with Crippen molar-refractivity contribution in [2.24, 2.45) is 0 Å². The van der Waals surface area contributed by atoms with E-state index in [2.05, 4.69) is 0 Å². The minimum Gasteiger partial charge on any atom is -0.493 e. The Labute approximate surface area is 166 Å². The van der Waals surface area contributed by atoms with Crippen molar-refractivity contribution < 1.29 is 23.8 Å². The molecule has 5 nitrogen and oxygen atoms in total. The molecule has 1 aliphatic heterocycles. The standard InChI is InChI=1S/C22H16O5S/c1-25-20-10-14(12-23)6-8-17(20)26-13-16(24)15-7-9-19-22(11-15)28-21-5-3-2-4-18(21)27-19/h2-12H,13H2,1H3. The fourth-order valence-electron chi connectivity index (χ4n) is 2.80. The highest BCUT2D eigenvalue weighted by Crippen LogP contribution is 2.47. The quantitative estimate of drug-likeness (QED) is 0.339. The first-order valence-corrected chi connectivity index (χ1v) is 9.37. The van der Waals surface area contributed by atoms with Crippen LogP contribution in [0.3, 0.4) is 0 Å². The molecule has 3 aromatic rings. The van der Waals surface area contributed by atoms with Crippen LogP contribution in [-0.4, -0.2) is 25.8 Å². The van der Waals surface area contributed by atoms with E-state index >= 15 is 0 Å². The average molecular weight is 392 g/mol. The van der Waals surface area contributed by atoms with E-state index in [4.69, 9.17) is 14.2 Å². The molecule has 1 aliphatic rings. The molecule has 0 atom stereocenters. The Balaban J connectivity index is 1.49. The summed E-state index contributed by atoms with van der Waals surface area (Å²) in [5.74, 6) is 2.19. The predicted molar refractivity (Wildman–Crippen MR) is 105 cm³/mol. The highest BCUT2D eigenvalue weighted by molar-refractivity contribution is 7.99. The largest absolute Gasteiger partial charge is 0.493 e. The smallest absolute Gasteiger partial charge is 0.200 e. The van der Waals surface area contributed by atoms with E-state index in [0.717, 1.165) is 27.6 Å². The molecular weight excluding hydrogens is 376 g/mol. The number of rotatable bonds is 6. The van der Waals surface area contributed by atoms with Crippen LogP contribution in [0.2, 0.25) is 0 Å². The molecule has 3 aromatic carbocycles. The van der Waals surface area contributed by atoms with Gasteiger partial charge in [0.1, 0.15) is 17.8 Å². The number of Topliss-reactive ketones (excluding diaryl/α,β-unsaturated/α-hetero) is 1. The Hall–Kier alpha value is -3.25. The number of para-hydroxylation sites is 1. The summed E-state index contributed by atoms with van der Waals surface area (Å²) < 4.78 is 16.7. The normalized spacial score (nSPS) is 11.6. The van der Waals surface area contributed by atoms with E-state index < -0.39 is 0 Å². The molecule has 0 N–H and O–H groups in total. The summed E-state index contributed by atoms with van der Waals surface area (Å²) >= 11 is 1.57. The molecule has 0 fully saturated rings. The van der Waals surface area contributed by atoms with Gasteiger partial charge in [-0.2, -0.15) is 0 Å². The van der Waals surface area contributed by atoms with Crippen LogP contribution < -0.4 is 14.2 Å². The van der Waals surface area contributed by atoms with Crippen LogP contribution in [0.15, 0.2) is 70.5 Å². The van der Waals surface area contributed by atoms with Gasteiger partial charge in [0.05, 0.1) is 16.9 Å². The summed E-state index contributed by atoms with van der Waals surface area (Å²) in [5.41, 5.74) is 1.01. The van der Waals surface area contributed by atoms with E-state index in [-0.39, 0.29) is 12.4 Å². The number of methoxy groups -OCH3 is 1. The van der Waals surface area contributed by atoms with E-state index in [1.54, 1.807) is 42.1 Å². The summed E-state index contributed by atoms with van der Waals surface area (Å²) in [6.45, 7) is -0.141. The lowest BCUT2D eigenvalue weighted by Gasteiger charge is -2.19. The van der Waals surface area contributed by atoms with Crippen molar-refractivity contribution in [3.63, 3.8) is 0 Å². The Morgan fingerprint density at radius 1 is 1.00 bits per heavy atom. The highest BCUT2D eigenvalue weighted by atomic mass is 32.2. The van der Waals surface area contributed by atoms with Crippen LogP contribution in [0, 0.1) is 0 Å². The van der Waals surface area contributed by atoms with Crippen LogP contribution in [-0.2, 0) is 0 Å². The Bertz CT molecular complexity index is 1060. The van der Waals surface area contributed by atoms with Gasteiger partial charge in [-0.05, 0) is 48.5 Å². The van der Waals surface area contributed by atoms with E-state index in [1.165, 1.54) is 7.11 Å². The molecule has 0 bridgehead atoms. The van der Waals surface area contributed by atoms with Gasteiger partial charge in [0, 0.05) is 11.1 Å². The van der Waals surface area contributed by atoms with Gasteiger partial charge in [0.15, 0.2) is 23.9 Å². The van der Waals surface area contributed by atoms with Gasteiger partial charge < -0.3 is 14.2 Å². The molecule has 0 saturated carbocycles. The lowest BCUT2D eigenvalue weighted by molar-refractivity contribution is 0.0918. The van der Waals surface area contributed by atoms with Crippen molar-refractivity contribution in [3.05, 3.63) is 71.8 Å². The maximum absolute atomic E-state index is 12.6. The monoisotopic (exact) mass is 392 g/mol. The van der Waals surface area contributed by atoms with Crippen molar-refractivity contribution in [3.8, 4) is 23.0 Å². The Kier molecular flexibility index (Phi) is 5.04. The Morgan fingerprint density at radius 2 is 1.82 bits per heavy atom. The maximum atomic E-state index is 12.6. The summed E-state index contributed by atoms with van der Waals surface area (Å²) in [7, 11) is 1.48. The molecular formula is C22H16O5S. The van der Waals surface area contributed by atoms with Crippen molar-refractivity contribution in [1.29, 1.82) is 0 Å². The number of hydrogen-bond acceptors (Lipinski definition) is 6. The summed E-state index contributed by atoms with van der Waals surface area (Å²) in [6, 6.07) is 17.9. The van der Waals surface area contributed by atoms with Gasteiger partial charge in [-0.1, -0.05) is 23.9 Å². The predicted octanol–water partition coefficient (Wildman–Crippen LogP) is 5.03. The van der Waals surface area contributed by atoms with Gasteiger partial charge in [0.2, 0.25) is 0 Å². The van der Waals surface area contributed by atoms with Crippen molar-refractivity contribution in [1.82, 2.24) is 0 Å². The summed E-state index contributed by atoms with van der Waals surface area (Å²) in [4.78, 5) is 25.4. The van der Waals surface area contributed by atoms with Crippen LogP contribution >= 0.6 is 11.8 Å². The zero-order chi connectivity index (χ0) is 19.5. The molecule has 140 valence electrons. The minimum absolute atomic E-state index is 0.141. The van der Waals surface area contributed by atoms with Crippen molar-refractivity contribution >= 4 is 23.8 Å². The number of carbonyl (C=O) groups is 2. The first-order valence-electron chi connectivity index (χ1n) is 8.56. The molecule has 28 heavy (non-hydrogen) atoms. The van der Waals surface area contributed by atoms with Gasteiger partial charge >= 0.3 is 0 Å². The molecule has 0 unspecified atom stereocenters. The molecule has 1 heterocycles. The highest BCUT2D eigenvalue weighted by Gasteiger charge is 2.19. The van der Waals surface area contributed by atoms with Crippen LogP contribution in [0.1, 0.15) is 20.7 Å². The zero-order valence-corrected chi connectivity index (χ0v) is 15.8. The lowest BCUT2D eigenvalue weighted by atomic mass is 10.1. The van der Waals surface area contributed by atoms with Crippen LogP contribution in [0.5, 0.6) is 23.0 Å². The number of carbonyl (C=O) groups excluding carboxylic acids is 2. The van der Waals surface area contributed by atoms with E-state index in [9.17, 15) is 9.59 Å². The molecule has 0 aromatic heterocycles. The molecule has 6 heteroatoms. The number of fused-ring (bicyclic) bond motifs is 2. The van der Waals surface area contributed by atoms with Crippen molar-refractivity contribution in [2.45, 2.75) is 9.79 Å². The second-order valence-corrected chi connectivity index (χ2v) is 7.14. The van der Waals surface area contributed by atoms with Gasteiger partial charge in [-0.15, -0.1) is 0 Å². The van der Waals surface area contributed by atoms with E-state index in [0.29, 0.717) is 22.6 Å². The van der Waals surface area contributed by atoms with Crippen LogP contribution in [0.25, 0.3) is 0 Å². The molecule has 0 radical (unpaired) electrons. The lowest BCUT2D eigenvalue weighted by Crippen LogP contribution is -2.12. The Morgan fingerprint density at radius 3 is 2.64 bits per heavy atom. The molecule has 0 saturated heterocycles. The second kappa shape index (κ2) is 7.78. The third kappa shape index (κ3) is 3.59. The number of ether oxygens (including phenoxy) is 3. The first kappa shape index (κ1) is 18.1. The van der Waals surface area contributed by atoms with Crippen molar-refractivity contribution in [2.75, 3.05) is 13.7 Å². The number of ketones is 1. The molecule has 0 amide bonds. The molecule has 0 aliphatic carbocycles. The van der Waals surface area contributed by atoms with Gasteiger partial charge in [-0.3, -0.25) is 9.59 Å². The third-order valence-corrected chi connectivity index (χ3v) is 5.33. The average Bonchev–Trinajstić information content (AvgIpc) is 2.75. The number of hydrogen-bond donors (Lipinski definition) is 0. The second-order valence-electron chi connectivity index (χ2n) is 6.05. The topological polar surface area (TPSA) is 61.8 Å². The SMILES string of the molecule is COc1cc(C=O)ccc1OCC(=O)c1ccc2c(c1)Sc1ccccc1O2. The third-order valence-electron chi connectivity index (χ3n) is 4.24. The van der Waals surface area contributed by atoms with Gasteiger partial charge in [0.25, 0.3) is 0 Å². The zero-order valence-electron chi connectivity index (χ0n) is 15.0. The van der Waals surface area contributed by atoms with E-state index in [1.807, 2.05) is 30.3 Å². The maximum Gasteiger partial charge on any atom is 0.200 e. The number of aldehydes is 1. The summed E-state index contributed by atoms with van der Waals surface area (Å²) in [6.07, 6.45) is 0.725. The number of benzene rings is 3. The minimum atomic E-state index is -0.163. The fraction of sp³-hybridized carbons (Fsp3) is 0.0909. The first-order chi connectivity index (χ1) is 13.7.